The van der Waals surface area contributed by atoms with Crippen molar-refractivity contribution in [3.05, 3.63) is 190 Å². The molecule has 107 heavy (non-hydrogen) atoms. The van der Waals surface area contributed by atoms with Crippen molar-refractivity contribution < 1.29 is 77.8 Å². The molecule has 0 radical (unpaired) electrons. The molecule has 0 N–H and O–H groups in total. The van der Waals surface area contributed by atoms with Gasteiger partial charge in [0.2, 0.25) is 5.41 Å². The molecule has 1 fully saturated rings. The van der Waals surface area contributed by atoms with Crippen LogP contribution in [0, 0.1) is 23.7 Å². The van der Waals surface area contributed by atoms with Crippen molar-refractivity contribution in [3.63, 3.8) is 0 Å². The molecule has 20 heteroatoms. The molecule has 6 aromatic rings. The number of hydrogen-bond donors (Lipinski definition) is 0. The molecule has 3 heterocycles. The molecule has 1 aliphatic carbocycles. The van der Waals surface area contributed by atoms with Crippen LogP contribution in [0.2, 0.25) is 0 Å². The Morgan fingerprint density at radius 1 is 0.346 bits per heavy atom. The van der Waals surface area contributed by atoms with Gasteiger partial charge in [0.25, 0.3) is 35.4 Å². The number of imide groups is 3. The minimum atomic E-state index is -5.94. The fraction of sp³-hybridized carbons (Fsp3) is 0.494. The number of alkyl halides is 9. The Hall–Kier alpha value is -8.55. The summed E-state index contributed by atoms with van der Waals surface area (Å²) in [6, 6.07) is 23.4. The monoisotopic (exact) mass is 1490 g/mol. The zero-order chi connectivity index (χ0) is 76.7. The summed E-state index contributed by atoms with van der Waals surface area (Å²) in [4.78, 5) is 82.8. The summed E-state index contributed by atoms with van der Waals surface area (Å²) in [5.74, 6) is -1.26. The number of benzene rings is 6. The predicted molar refractivity (Wildman–Crippen MR) is 397 cm³/mol. The van der Waals surface area contributed by atoms with Crippen molar-refractivity contribution in [1.29, 1.82) is 0 Å². The summed E-state index contributed by atoms with van der Waals surface area (Å²) >= 11 is 0. The first kappa shape index (κ1) is 81.0. The summed E-state index contributed by atoms with van der Waals surface area (Å²) in [6.07, 6.45) is 21.6. The van der Waals surface area contributed by atoms with E-state index in [-0.39, 0.29) is 68.7 Å². The number of halogens is 9. The molecule has 0 aromatic heterocycles. The molecular formula is C87H100F9N3O8. The fourth-order valence-electron chi connectivity index (χ4n) is 16.8. The van der Waals surface area contributed by atoms with E-state index in [1.54, 1.807) is 0 Å². The minimum absolute atomic E-state index is 0.00653. The van der Waals surface area contributed by atoms with Crippen molar-refractivity contribution in [3.8, 4) is 23.0 Å². The number of nitrogens with zero attached hydrogens (tertiary/aromatic N) is 3. The maximum Gasteiger partial charge on any atom is 0.411 e. The van der Waals surface area contributed by atoms with Gasteiger partial charge in [-0.05, 0) is 182 Å². The van der Waals surface area contributed by atoms with Crippen LogP contribution in [0.1, 0.15) is 278 Å². The molecule has 10 rings (SSSR count). The van der Waals surface area contributed by atoms with Crippen LogP contribution >= 0.6 is 0 Å². The van der Waals surface area contributed by atoms with Crippen LogP contribution in [0.3, 0.4) is 0 Å². The van der Waals surface area contributed by atoms with Crippen LogP contribution in [-0.4, -0.2) is 65.4 Å². The van der Waals surface area contributed by atoms with Gasteiger partial charge in [-0.3, -0.25) is 33.7 Å². The summed E-state index contributed by atoms with van der Waals surface area (Å²) in [7, 11) is 0. The SMILES string of the molecule is CCCCCCCCCC1C(CCCCCCCCN2C(=O)c3ccc(C(C)(c4ccc5c(c4)C(=O)N(c4ccc(Oc6ccc(C(c7ccc(Oc8ccc(N9C(=O)C=CC9=O)cc8)cc7)(C(F)(F)F)C(F)(F)F)cc6)cc4)C5=O)C(F)(F)F)cc3C2=O)CCC(CCCCCC)C1CCCCCCCC. The van der Waals surface area contributed by atoms with Gasteiger partial charge in [-0.2, -0.15) is 39.5 Å². The molecule has 11 nitrogen and oxygen atoms in total. The largest absolute Gasteiger partial charge is 0.457 e. The van der Waals surface area contributed by atoms with Crippen LogP contribution in [0.5, 0.6) is 23.0 Å². The number of carbonyl (C=O) groups is 6. The number of rotatable bonds is 39. The van der Waals surface area contributed by atoms with E-state index >= 15 is 39.5 Å². The van der Waals surface area contributed by atoms with Gasteiger partial charge < -0.3 is 9.47 Å². The van der Waals surface area contributed by atoms with Gasteiger partial charge >= 0.3 is 18.5 Å². The van der Waals surface area contributed by atoms with E-state index in [0.29, 0.717) is 30.7 Å². The highest BCUT2D eigenvalue weighted by Crippen LogP contribution is 2.57. The molecular weight excluding hydrogens is 1390 g/mol. The first-order chi connectivity index (χ1) is 51.3. The lowest BCUT2D eigenvalue weighted by Gasteiger charge is -2.44. The van der Waals surface area contributed by atoms with E-state index in [9.17, 15) is 28.8 Å². The maximum atomic E-state index is 15.7. The van der Waals surface area contributed by atoms with Crippen molar-refractivity contribution in [2.45, 2.75) is 243 Å². The third-order valence-corrected chi connectivity index (χ3v) is 22.8. The zero-order valence-corrected chi connectivity index (χ0v) is 61.9. The second kappa shape index (κ2) is 36.1. The number of fused-ring (bicyclic) bond motifs is 2. The second-order valence-corrected chi connectivity index (χ2v) is 29.8. The average molecular weight is 1490 g/mol. The molecule has 0 saturated heterocycles. The third-order valence-electron chi connectivity index (χ3n) is 22.8. The van der Waals surface area contributed by atoms with Crippen LogP contribution in [0.15, 0.2) is 146 Å². The van der Waals surface area contributed by atoms with Crippen molar-refractivity contribution >= 4 is 46.8 Å². The van der Waals surface area contributed by atoms with Crippen molar-refractivity contribution in [1.82, 2.24) is 4.90 Å². The molecule has 0 spiro atoms. The van der Waals surface area contributed by atoms with E-state index in [1.807, 2.05) is 0 Å². The first-order valence-electron chi connectivity index (χ1n) is 38.8. The van der Waals surface area contributed by atoms with Crippen LogP contribution in [-0.2, 0) is 20.4 Å². The molecule has 6 aromatic carbocycles. The topological polar surface area (TPSA) is 131 Å². The number of hydrogen-bond acceptors (Lipinski definition) is 8. The maximum absolute atomic E-state index is 15.7. The summed E-state index contributed by atoms with van der Waals surface area (Å²) in [6.45, 7) is 7.87. The molecule has 4 aliphatic rings. The van der Waals surface area contributed by atoms with Crippen molar-refractivity contribution in [2.75, 3.05) is 16.3 Å². The Morgan fingerprint density at radius 3 is 1.07 bits per heavy atom. The Kier molecular flexibility index (Phi) is 27.3. The van der Waals surface area contributed by atoms with E-state index < -0.39 is 81.5 Å². The normalized spacial score (nSPS) is 18.3. The first-order valence-corrected chi connectivity index (χ1v) is 38.8. The number of ether oxygens (including phenoxy) is 2. The lowest BCUT2D eigenvalue weighted by Crippen LogP contribution is -2.54. The van der Waals surface area contributed by atoms with E-state index in [0.717, 1.165) is 138 Å². The summed E-state index contributed by atoms with van der Waals surface area (Å²) < 4.78 is 150. The highest BCUT2D eigenvalue weighted by atomic mass is 19.4. The summed E-state index contributed by atoms with van der Waals surface area (Å²) in [5, 5.41) is 0. The number of unbranched alkanes of at least 4 members (excludes halogenated alkanes) is 19. The molecule has 0 bridgehead atoms. The Morgan fingerprint density at radius 2 is 0.664 bits per heavy atom. The average Bonchev–Trinajstić information content (AvgIpc) is 0.995. The van der Waals surface area contributed by atoms with Gasteiger partial charge in [-0.15, -0.1) is 0 Å². The molecule has 6 amide bonds. The Bertz CT molecular complexity index is 4020. The van der Waals surface area contributed by atoms with Gasteiger partial charge in [0.1, 0.15) is 28.4 Å². The Labute approximate surface area is 623 Å². The Balaban J connectivity index is 0.737. The highest BCUT2D eigenvalue weighted by molar-refractivity contribution is 6.34. The number of anilines is 2. The third kappa shape index (κ3) is 18.3. The van der Waals surface area contributed by atoms with Gasteiger partial charge in [-0.1, -0.05) is 211 Å². The highest BCUT2D eigenvalue weighted by Gasteiger charge is 2.72. The lowest BCUT2D eigenvalue weighted by molar-refractivity contribution is -0.288. The van der Waals surface area contributed by atoms with E-state index in [4.69, 9.17) is 9.47 Å². The van der Waals surface area contributed by atoms with Crippen LogP contribution in [0.4, 0.5) is 50.9 Å². The molecule has 574 valence electrons. The van der Waals surface area contributed by atoms with E-state index in [1.165, 1.54) is 209 Å². The number of amides is 6. The molecule has 1 saturated carbocycles. The van der Waals surface area contributed by atoms with Crippen molar-refractivity contribution in [2.24, 2.45) is 23.7 Å². The molecule has 5 atom stereocenters. The van der Waals surface area contributed by atoms with Gasteiger partial charge in [0.05, 0.1) is 33.6 Å². The van der Waals surface area contributed by atoms with Gasteiger partial charge in [0.15, 0.2) is 0 Å². The van der Waals surface area contributed by atoms with Gasteiger partial charge in [-0.25, -0.2) is 9.80 Å². The quantitative estimate of drug-likeness (QED) is 0.0212. The standard InChI is InChI=1S/C87H100F9N3O8/c1-5-8-11-14-16-21-26-31-72-60(33-32-59(28-23-13-10-7-3)71(72)30-25-20-15-12-9-6-2)29-24-19-17-18-22-27-56-97-79(102)73-52-38-63(57-75(73)80(97)103)83(4,85(88,89)90)64-39-53-74-76(58-64)82(105)99(81(74)104)66-42-50-70(51-43-66)107-68-46-36-62(37-47-68)84(86(91,92)93,87(94,95)96)61-34-44-67(45-35-61)106-69-48-40-65(41-49-69)98-77(100)54-55-78(98)101/h34-55,57-60,71-72H,5-33,56H2,1-4H3. The molecule has 5 unspecified atom stereocenters. The fourth-order valence-corrected chi connectivity index (χ4v) is 16.8. The lowest BCUT2D eigenvalue weighted by atomic mass is 9.61. The van der Waals surface area contributed by atoms with Crippen LogP contribution in [0.25, 0.3) is 0 Å². The number of carbonyl (C=O) groups excluding carboxylic acids is 6. The van der Waals surface area contributed by atoms with E-state index in [2.05, 4.69) is 20.8 Å². The zero-order valence-electron chi connectivity index (χ0n) is 61.9. The van der Waals surface area contributed by atoms with Crippen LogP contribution < -0.4 is 19.3 Å². The predicted octanol–water partition coefficient (Wildman–Crippen LogP) is 24.2. The molecule has 3 aliphatic heterocycles. The van der Waals surface area contributed by atoms with Gasteiger partial charge in [0, 0.05) is 18.7 Å². The smallest absolute Gasteiger partial charge is 0.411 e. The second-order valence-electron chi connectivity index (χ2n) is 29.8. The minimum Gasteiger partial charge on any atom is -0.457 e. The summed E-state index contributed by atoms with van der Waals surface area (Å²) in [5.41, 5.74) is -11.2.